The lowest BCUT2D eigenvalue weighted by molar-refractivity contribution is 0.0788. The van der Waals surface area contributed by atoms with Gasteiger partial charge in [-0.15, -0.1) is 11.3 Å². The van der Waals surface area contributed by atoms with E-state index in [4.69, 9.17) is 0 Å². The Balaban J connectivity index is 1.57. The number of thiophene rings is 1. The molecule has 122 valence electrons. The van der Waals surface area contributed by atoms with Crippen molar-refractivity contribution in [1.82, 2.24) is 9.88 Å². The smallest absolute Gasteiger partial charge is 0.270 e. The Kier molecular flexibility index (Phi) is 3.82. The van der Waals surface area contributed by atoms with Crippen LogP contribution in [0.3, 0.4) is 0 Å². The average molecular weight is 339 g/mol. The maximum Gasteiger partial charge on any atom is 0.270 e. The number of hydrogen-bond donors (Lipinski definition) is 2. The Bertz CT molecular complexity index is 892. The largest absolute Gasteiger partial charge is 0.351 e. The van der Waals surface area contributed by atoms with Gasteiger partial charge in [0, 0.05) is 29.7 Å². The minimum Gasteiger partial charge on any atom is -0.351 e. The van der Waals surface area contributed by atoms with E-state index < -0.39 is 0 Å². The number of anilines is 1. The highest BCUT2D eigenvalue weighted by Gasteiger charge is 2.21. The number of fused-ring (bicyclic) bond motifs is 1. The highest BCUT2D eigenvalue weighted by Crippen LogP contribution is 2.23. The SMILES string of the molecule is O=C(Nc1ccc2[nH]c(C(=O)N3CCCC3)cc2c1)c1cccs1. The summed E-state index contributed by atoms with van der Waals surface area (Å²) in [6.45, 7) is 1.66. The molecule has 0 atom stereocenters. The van der Waals surface area contributed by atoms with Crippen LogP contribution >= 0.6 is 11.3 Å². The molecule has 0 aliphatic carbocycles. The summed E-state index contributed by atoms with van der Waals surface area (Å²) in [6.07, 6.45) is 2.15. The third-order valence-electron chi connectivity index (χ3n) is 4.25. The standard InChI is InChI=1S/C18H17N3O2S/c22-17(16-4-3-9-24-16)19-13-5-6-14-12(10-13)11-15(20-14)18(23)21-7-1-2-8-21/h3-6,9-11,20H,1-2,7-8H2,(H,19,22). The molecule has 4 rings (SSSR count). The lowest BCUT2D eigenvalue weighted by Gasteiger charge is -2.13. The van der Waals surface area contributed by atoms with Crippen molar-refractivity contribution in [3.63, 3.8) is 0 Å². The molecule has 5 nitrogen and oxygen atoms in total. The summed E-state index contributed by atoms with van der Waals surface area (Å²) in [4.78, 5) is 30.3. The van der Waals surface area contributed by atoms with Crippen molar-refractivity contribution in [2.45, 2.75) is 12.8 Å². The van der Waals surface area contributed by atoms with Crippen molar-refractivity contribution in [3.8, 4) is 0 Å². The normalized spacial score (nSPS) is 14.2. The fourth-order valence-corrected chi connectivity index (χ4v) is 3.64. The monoisotopic (exact) mass is 339 g/mol. The molecule has 1 aliphatic rings. The van der Waals surface area contributed by atoms with Crippen molar-refractivity contribution in [2.75, 3.05) is 18.4 Å². The van der Waals surface area contributed by atoms with Crippen molar-refractivity contribution in [3.05, 3.63) is 52.3 Å². The summed E-state index contributed by atoms with van der Waals surface area (Å²) in [5.41, 5.74) is 2.22. The molecule has 2 amide bonds. The molecule has 1 saturated heterocycles. The Morgan fingerprint density at radius 1 is 1.12 bits per heavy atom. The molecule has 1 aliphatic heterocycles. The molecule has 2 aromatic heterocycles. The number of H-pyrrole nitrogens is 1. The van der Waals surface area contributed by atoms with Crippen LogP contribution in [0.1, 0.15) is 33.0 Å². The zero-order valence-corrected chi connectivity index (χ0v) is 13.9. The second-order valence-corrected chi connectivity index (χ2v) is 6.86. The van der Waals surface area contributed by atoms with E-state index in [9.17, 15) is 9.59 Å². The van der Waals surface area contributed by atoms with E-state index in [1.807, 2.05) is 40.6 Å². The number of aromatic amines is 1. The summed E-state index contributed by atoms with van der Waals surface area (Å²) in [5.74, 6) is -0.0684. The number of benzene rings is 1. The van der Waals surface area contributed by atoms with E-state index in [2.05, 4.69) is 10.3 Å². The topological polar surface area (TPSA) is 65.2 Å². The van der Waals surface area contributed by atoms with Crippen LogP contribution in [0.25, 0.3) is 10.9 Å². The van der Waals surface area contributed by atoms with Crippen molar-refractivity contribution in [2.24, 2.45) is 0 Å². The van der Waals surface area contributed by atoms with E-state index in [1.165, 1.54) is 11.3 Å². The van der Waals surface area contributed by atoms with Gasteiger partial charge >= 0.3 is 0 Å². The molecule has 0 unspecified atom stereocenters. The fraction of sp³-hybridized carbons (Fsp3) is 0.222. The van der Waals surface area contributed by atoms with E-state index in [0.717, 1.165) is 42.5 Å². The highest BCUT2D eigenvalue weighted by atomic mass is 32.1. The Hall–Kier alpha value is -2.60. The fourth-order valence-electron chi connectivity index (χ4n) is 3.02. The van der Waals surface area contributed by atoms with Crippen LogP contribution in [0.15, 0.2) is 41.8 Å². The third kappa shape index (κ3) is 2.80. The van der Waals surface area contributed by atoms with Gasteiger partial charge in [-0.25, -0.2) is 0 Å². The van der Waals surface area contributed by atoms with Crippen LogP contribution in [0.5, 0.6) is 0 Å². The van der Waals surface area contributed by atoms with Crippen molar-refractivity contribution in [1.29, 1.82) is 0 Å². The molecule has 2 N–H and O–H groups in total. The maximum atomic E-state index is 12.5. The molecule has 6 heteroatoms. The third-order valence-corrected chi connectivity index (χ3v) is 5.12. The number of nitrogens with zero attached hydrogens (tertiary/aromatic N) is 1. The zero-order chi connectivity index (χ0) is 16.5. The lowest BCUT2D eigenvalue weighted by Crippen LogP contribution is -2.27. The number of likely N-dealkylation sites (tertiary alicyclic amines) is 1. The van der Waals surface area contributed by atoms with Gasteiger partial charge in [-0.05, 0) is 48.6 Å². The predicted octanol–water partition coefficient (Wildman–Crippen LogP) is 3.72. The molecule has 1 fully saturated rings. The lowest BCUT2D eigenvalue weighted by atomic mass is 10.2. The summed E-state index contributed by atoms with van der Waals surface area (Å²) in [7, 11) is 0. The van der Waals surface area contributed by atoms with Gasteiger partial charge in [-0.1, -0.05) is 6.07 Å². The first-order valence-corrected chi connectivity index (χ1v) is 8.85. The first-order valence-electron chi connectivity index (χ1n) is 7.97. The van der Waals surface area contributed by atoms with Gasteiger partial charge in [-0.2, -0.15) is 0 Å². The van der Waals surface area contributed by atoms with Crippen LogP contribution in [-0.2, 0) is 0 Å². The number of carbonyl (C=O) groups excluding carboxylic acids is 2. The molecular formula is C18H17N3O2S. The minimum atomic E-state index is -0.117. The molecule has 24 heavy (non-hydrogen) atoms. The van der Waals surface area contributed by atoms with E-state index in [1.54, 1.807) is 6.07 Å². The average Bonchev–Trinajstić information content (AvgIpc) is 3.33. The predicted molar refractivity (Wildman–Crippen MR) is 95.7 cm³/mol. The summed E-state index contributed by atoms with van der Waals surface area (Å²) >= 11 is 1.41. The first kappa shape index (κ1) is 15.0. The molecule has 0 saturated carbocycles. The van der Waals surface area contributed by atoms with Gasteiger partial charge in [0.2, 0.25) is 0 Å². The van der Waals surface area contributed by atoms with Crippen LogP contribution in [0, 0.1) is 0 Å². The first-order chi connectivity index (χ1) is 11.7. The summed E-state index contributed by atoms with van der Waals surface area (Å²) < 4.78 is 0. The number of rotatable bonds is 3. The van der Waals surface area contributed by atoms with E-state index >= 15 is 0 Å². The van der Waals surface area contributed by atoms with E-state index in [0.29, 0.717) is 10.6 Å². The van der Waals surface area contributed by atoms with E-state index in [-0.39, 0.29) is 11.8 Å². The van der Waals surface area contributed by atoms with Gasteiger partial charge < -0.3 is 15.2 Å². The maximum absolute atomic E-state index is 12.5. The molecule has 0 radical (unpaired) electrons. The Morgan fingerprint density at radius 2 is 1.96 bits per heavy atom. The van der Waals surface area contributed by atoms with Crippen molar-refractivity contribution < 1.29 is 9.59 Å². The number of hydrogen-bond acceptors (Lipinski definition) is 3. The quantitative estimate of drug-likeness (QED) is 0.764. The molecule has 3 aromatic rings. The van der Waals surface area contributed by atoms with Gasteiger partial charge in [0.25, 0.3) is 11.8 Å². The van der Waals surface area contributed by atoms with Crippen LogP contribution in [0.2, 0.25) is 0 Å². The molecular weight excluding hydrogens is 322 g/mol. The highest BCUT2D eigenvalue weighted by molar-refractivity contribution is 7.12. The molecule has 3 heterocycles. The molecule has 0 spiro atoms. The van der Waals surface area contributed by atoms with Gasteiger partial charge in [-0.3, -0.25) is 9.59 Å². The van der Waals surface area contributed by atoms with Crippen LogP contribution in [0.4, 0.5) is 5.69 Å². The minimum absolute atomic E-state index is 0.0490. The van der Waals surface area contributed by atoms with Gasteiger partial charge in [0.1, 0.15) is 5.69 Å². The Morgan fingerprint density at radius 3 is 2.71 bits per heavy atom. The molecule has 0 bridgehead atoms. The number of amides is 2. The molecule has 1 aromatic carbocycles. The zero-order valence-electron chi connectivity index (χ0n) is 13.0. The second-order valence-electron chi connectivity index (χ2n) is 5.92. The van der Waals surface area contributed by atoms with Crippen molar-refractivity contribution >= 4 is 39.7 Å². The Labute approximate surface area is 143 Å². The summed E-state index contributed by atoms with van der Waals surface area (Å²) in [6, 6.07) is 11.1. The van der Waals surface area contributed by atoms with Gasteiger partial charge in [0.05, 0.1) is 4.88 Å². The number of carbonyl (C=O) groups is 2. The van der Waals surface area contributed by atoms with Crippen LogP contribution < -0.4 is 5.32 Å². The van der Waals surface area contributed by atoms with Gasteiger partial charge in [0.15, 0.2) is 0 Å². The number of nitrogens with one attached hydrogen (secondary N) is 2. The number of aromatic nitrogens is 1. The summed E-state index contributed by atoms with van der Waals surface area (Å²) in [5, 5.41) is 5.69. The van der Waals surface area contributed by atoms with Crippen LogP contribution in [-0.4, -0.2) is 34.8 Å². The second kappa shape index (κ2) is 6.13.